The second-order valence-electron chi connectivity index (χ2n) is 6.02. The molecule has 124 valence electrons. The van der Waals surface area contributed by atoms with E-state index in [9.17, 15) is 4.79 Å². The normalized spacial score (nSPS) is 10.6. The van der Waals surface area contributed by atoms with Crippen LogP contribution in [0.15, 0.2) is 18.2 Å². The molecule has 3 heteroatoms. The van der Waals surface area contributed by atoms with Crippen molar-refractivity contribution in [2.24, 2.45) is 0 Å². The fourth-order valence-corrected chi connectivity index (χ4v) is 2.63. The van der Waals surface area contributed by atoms with Gasteiger partial charge in [0.25, 0.3) is 0 Å². The number of carboxylic acid groups (broad SMARTS) is 1. The molecule has 0 saturated carbocycles. The van der Waals surface area contributed by atoms with Gasteiger partial charge in [0, 0.05) is 0 Å². The molecular weight excluding hydrogens is 276 g/mol. The van der Waals surface area contributed by atoms with Crippen LogP contribution < -0.4 is 4.74 Å². The van der Waals surface area contributed by atoms with Gasteiger partial charge in [-0.25, -0.2) is 4.79 Å². The Hall–Kier alpha value is -1.51. The van der Waals surface area contributed by atoms with Gasteiger partial charge in [0.1, 0.15) is 5.75 Å². The molecule has 0 heterocycles. The van der Waals surface area contributed by atoms with Crippen molar-refractivity contribution in [1.29, 1.82) is 0 Å². The van der Waals surface area contributed by atoms with Gasteiger partial charge in [-0.1, -0.05) is 69.6 Å². The highest BCUT2D eigenvalue weighted by atomic mass is 16.5. The third kappa shape index (κ3) is 8.06. The number of ether oxygens (including phenoxy) is 1. The van der Waals surface area contributed by atoms with Crippen LogP contribution in [0.3, 0.4) is 0 Å². The molecule has 0 radical (unpaired) electrons. The van der Waals surface area contributed by atoms with E-state index in [4.69, 9.17) is 9.84 Å². The van der Waals surface area contributed by atoms with Crippen LogP contribution in [0.25, 0.3) is 0 Å². The standard InChI is InChI=1S/C19H30O3/c1-3-4-5-6-7-8-9-10-11-17-14-16(2)12-13-18(17)22-15-19(20)21/h12-14H,3-11,15H2,1-2H3,(H,20,21). The number of unbranched alkanes of at least 4 members (excludes halogenated alkanes) is 7. The number of hydrogen-bond acceptors (Lipinski definition) is 2. The third-order valence-corrected chi connectivity index (χ3v) is 3.87. The summed E-state index contributed by atoms with van der Waals surface area (Å²) in [5, 5.41) is 8.73. The van der Waals surface area contributed by atoms with E-state index in [1.807, 2.05) is 12.1 Å². The lowest BCUT2D eigenvalue weighted by atomic mass is 10.0. The van der Waals surface area contributed by atoms with Crippen molar-refractivity contribution in [3.8, 4) is 5.75 Å². The smallest absolute Gasteiger partial charge is 0.341 e. The van der Waals surface area contributed by atoms with Gasteiger partial charge < -0.3 is 9.84 Å². The van der Waals surface area contributed by atoms with E-state index >= 15 is 0 Å². The summed E-state index contributed by atoms with van der Waals surface area (Å²) in [5.74, 6) is -0.213. The third-order valence-electron chi connectivity index (χ3n) is 3.87. The Labute approximate surface area is 134 Å². The van der Waals surface area contributed by atoms with Gasteiger partial charge >= 0.3 is 5.97 Å². The van der Waals surface area contributed by atoms with E-state index in [0.717, 1.165) is 24.2 Å². The number of carbonyl (C=O) groups is 1. The summed E-state index contributed by atoms with van der Waals surface area (Å²) in [7, 11) is 0. The van der Waals surface area contributed by atoms with Gasteiger partial charge in [-0.3, -0.25) is 0 Å². The minimum absolute atomic E-state index is 0.270. The molecule has 1 aromatic carbocycles. The van der Waals surface area contributed by atoms with Gasteiger partial charge in [0.05, 0.1) is 0 Å². The van der Waals surface area contributed by atoms with Gasteiger partial charge in [-0.2, -0.15) is 0 Å². The molecule has 0 fully saturated rings. The molecule has 0 saturated heterocycles. The minimum Gasteiger partial charge on any atom is -0.482 e. The second kappa shape index (κ2) is 11.1. The minimum atomic E-state index is -0.932. The average molecular weight is 306 g/mol. The van der Waals surface area contributed by atoms with Crippen LogP contribution in [0.4, 0.5) is 0 Å². The summed E-state index contributed by atoms with van der Waals surface area (Å²) in [4.78, 5) is 10.6. The van der Waals surface area contributed by atoms with Crippen molar-refractivity contribution >= 4 is 5.97 Å². The lowest BCUT2D eigenvalue weighted by Gasteiger charge is -2.11. The fourth-order valence-electron chi connectivity index (χ4n) is 2.63. The van der Waals surface area contributed by atoms with E-state index in [-0.39, 0.29) is 6.61 Å². The molecule has 3 nitrogen and oxygen atoms in total. The number of aryl methyl sites for hydroxylation is 2. The molecule has 0 aliphatic rings. The second-order valence-corrected chi connectivity index (χ2v) is 6.02. The summed E-state index contributed by atoms with van der Waals surface area (Å²) in [6.07, 6.45) is 11.3. The lowest BCUT2D eigenvalue weighted by molar-refractivity contribution is -0.139. The van der Waals surface area contributed by atoms with Crippen LogP contribution in [-0.4, -0.2) is 17.7 Å². The first-order valence-electron chi connectivity index (χ1n) is 8.57. The molecule has 0 atom stereocenters. The van der Waals surface area contributed by atoms with Crippen LogP contribution >= 0.6 is 0 Å². The van der Waals surface area contributed by atoms with Crippen molar-refractivity contribution < 1.29 is 14.6 Å². The highest BCUT2D eigenvalue weighted by molar-refractivity contribution is 5.68. The van der Waals surface area contributed by atoms with Gasteiger partial charge in [0.2, 0.25) is 0 Å². The molecular formula is C19H30O3. The van der Waals surface area contributed by atoms with E-state index < -0.39 is 5.97 Å². The fraction of sp³-hybridized carbons (Fsp3) is 0.632. The maximum absolute atomic E-state index is 10.6. The molecule has 0 spiro atoms. The average Bonchev–Trinajstić information content (AvgIpc) is 2.49. The highest BCUT2D eigenvalue weighted by Gasteiger charge is 2.06. The van der Waals surface area contributed by atoms with E-state index in [1.54, 1.807) is 0 Å². The summed E-state index contributed by atoms with van der Waals surface area (Å²) in [5.41, 5.74) is 2.32. The zero-order chi connectivity index (χ0) is 16.2. The maximum atomic E-state index is 10.6. The molecule has 1 N–H and O–H groups in total. The Morgan fingerprint density at radius 1 is 1.05 bits per heavy atom. The summed E-state index contributed by atoms with van der Waals surface area (Å²) in [6, 6.07) is 5.96. The first kappa shape index (κ1) is 18.5. The van der Waals surface area contributed by atoms with E-state index in [2.05, 4.69) is 19.9 Å². The van der Waals surface area contributed by atoms with Gasteiger partial charge in [0.15, 0.2) is 6.61 Å². The van der Waals surface area contributed by atoms with Gasteiger partial charge in [-0.05, 0) is 31.4 Å². The van der Waals surface area contributed by atoms with E-state index in [0.29, 0.717) is 0 Å². The predicted octanol–water partition coefficient (Wildman–Crippen LogP) is 5.14. The quantitative estimate of drug-likeness (QED) is 0.544. The SMILES string of the molecule is CCCCCCCCCCc1cc(C)ccc1OCC(=O)O. The summed E-state index contributed by atoms with van der Waals surface area (Å²) < 4.78 is 5.38. The molecule has 0 aromatic heterocycles. The predicted molar refractivity (Wildman–Crippen MR) is 90.6 cm³/mol. The zero-order valence-electron chi connectivity index (χ0n) is 14.1. The maximum Gasteiger partial charge on any atom is 0.341 e. The van der Waals surface area contributed by atoms with Crippen LogP contribution in [0, 0.1) is 6.92 Å². The Kier molecular flexibility index (Phi) is 9.36. The van der Waals surface area contributed by atoms with Crippen molar-refractivity contribution in [2.45, 2.75) is 71.6 Å². The Morgan fingerprint density at radius 3 is 2.32 bits per heavy atom. The lowest BCUT2D eigenvalue weighted by Crippen LogP contribution is -2.10. The number of rotatable bonds is 12. The largest absolute Gasteiger partial charge is 0.482 e. The number of benzene rings is 1. The Morgan fingerprint density at radius 2 is 1.68 bits per heavy atom. The van der Waals surface area contributed by atoms with E-state index in [1.165, 1.54) is 50.5 Å². The van der Waals surface area contributed by atoms with Crippen LogP contribution in [-0.2, 0) is 11.2 Å². The van der Waals surface area contributed by atoms with Crippen LogP contribution in [0.5, 0.6) is 5.75 Å². The van der Waals surface area contributed by atoms with Crippen molar-refractivity contribution in [2.75, 3.05) is 6.61 Å². The Bertz CT molecular complexity index is 440. The first-order chi connectivity index (χ1) is 10.6. The molecule has 0 unspecified atom stereocenters. The summed E-state index contributed by atoms with van der Waals surface area (Å²) >= 11 is 0. The molecule has 0 aliphatic heterocycles. The molecule has 22 heavy (non-hydrogen) atoms. The molecule has 1 rings (SSSR count). The number of carboxylic acids is 1. The molecule has 0 aliphatic carbocycles. The van der Waals surface area contributed by atoms with Crippen molar-refractivity contribution in [3.63, 3.8) is 0 Å². The molecule has 0 amide bonds. The zero-order valence-corrected chi connectivity index (χ0v) is 14.1. The highest BCUT2D eigenvalue weighted by Crippen LogP contribution is 2.22. The number of aliphatic carboxylic acids is 1. The van der Waals surface area contributed by atoms with Gasteiger partial charge in [-0.15, -0.1) is 0 Å². The topological polar surface area (TPSA) is 46.5 Å². The van der Waals surface area contributed by atoms with Crippen molar-refractivity contribution in [3.05, 3.63) is 29.3 Å². The van der Waals surface area contributed by atoms with Crippen LogP contribution in [0.2, 0.25) is 0 Å². The first-order valence-corrected chi connectivity index (χ1v) is 8.57. The Balaban J connectivity index is 2.31. The monoisotopic (exact) mass is 306 g/mol. The van der Waals surface area contributed by atoms with Crippen LogP contribution in [0.1, 0.15) is 69.4 Å². The molecule has 0 bridgehead atoms. The molecule has 1 aromatic rings. The summed E-state index contributed by atoms with van der Waals surface area (Å²) in [6.45, 7) is 4.03. The number of hydrogen-bond donors (Lipinski definition) is 1. The van der Waals surface area contributed by atoms with Crippen molar-refractivity contribution in [1.82, 2.24) is 0 Å².